The average molecular weight is 498 g/mol. The van der Waals surface area contributed by atoms with Gasteiger partial charge in [0.25, 0.3) is 0 Å². The van der Waals surface area contributed by atoms with Crippen LogP contribution in [0.3, 0.4) is 0 Å². The molecule has 1 saturated carbocycles. The summed E-state index contributed by atoms with van der Waals surface area (Å²) < 4.78 is 23.8. The van der Waals surface area contributed by atoms with Crippen LogP contribution >= 0.6 is 0 Å². The molecule has 2 aliphatic rings. The van der Waals surface area contributed by atoms with Crippen LogP contribution in [0.2, 0.25) is 0 Å². The van der Waals surface area contributed by atoms with Gasteiger partial charge in [0, 0.05) is 32.5 Å². The Balaban J connectivity index is 1.81. The van der Waals surface area contributed by atoms with E-state index in [0.717, 1.165) is 32.1 Å². The van der Waals surface area contributed by atoms with E-state index in [-0.39, 0.29) is 36.5 Å². The van der Waals surface area contributed by atoms with E-state index < -0.39 is 17.8 Å². The van der Waals surface area contributed by atoms with Gasteiger partial charge in [-0.25, -0.2) is 4.79 Å². The number of carbonyl (C=O) groups excluding carboxylic acids is 2. The van der Waals surface area contributed by atoms with Gasteiger partial charge in [-0.1, -0.05) is 24.5 Å². The predicted molar refractivity (Wildman–Crippen MR) is 135 cm³/mol. The monoisotopic (exact) mass is 497 g/mol. The zero-order valence-corrected chi connectivity index (χ0v) is 22.3. The van der Waals surface area contributed by atoms with Crippen LogP contribution in [0.25, 0.3) is 0 Å². The van der Waals surface area contributed by atoms with Crippen LogP contribution < -0.4 is 16.4 Å². The summed E-state index contributed by atoms with van der Waals surface area (Å²) in [7, 11) is 1.64. The normalized spacial score (nSPS) is 25.7. The predicted octanol–water partition coefficient (Wildman–Crippen LogP) is 3.06. The van der Waals surface area contributed by atoms with Crippen molar-refractivity contribution in [2.75, 3.05) is 40.0 Å². The van der Waals surface area contributed by atoms with Crippen molar-refractivity contribution in [3.05, 3.63) is 11.6 Å². The number of nitrogens with two attached hydrogens (primary N) is 1. The minimum absolute atomic E-state index is 0.0836. The number of ether oxygens (including phenoxy) is 4. The van der Waals surface area contributed by atoms with Crippen molar-refractivity contribution >= 4 is 12.0 Å². The molecule has 35 heavy (non-hydrogen) atoms. The molecule has 1 spiro atoms. The average Bonchev–Trinajstić information content (AvgIpc) is 3.56. The lowest BCUT2D eigenvalue weighted by molar-refractivity contribution is -0.172. The molecule has 4 N–H and O–H groups in total. The summed E-state index contributed by atoms with van der Waals surface area (Å²) in [5.41, 5.74) is 5.84. The standard InChI is InChI=1S/C26H47N3O6/c1-19(2)12-17-33-25(3,4)23-22(32-5)20(10-13-26(23)18-34-26)35-24(31)29-16-11-21(30)28-15-9-7-6-8-14-27/h12,20,22-23H,6-11,13-18,27H2,1-5H3,(H,28,30)(H,29,31)/t20?,22?,23?,26-/m0/s1. The van der Waals surface area contributed by atoms with Crippen molar-refractivity contribution in [2.45, 2.75) is 96.1 Å². The van der Waals surface area contributed by atoms with Crippen LogP contribution in [0.1, 0.15) is 72.6 Å². The molecule has 1 saturated heterocycles. The largest absolute Gasteiger partial charge is 0.443 e. The smallest absolute Gasteiger partial charge is 0.407 e. The second-order valence-electron chi connectivity index (χ2n) is 10.4. The van der Waals surface area contributed by atoms with Crippen molar-refractivity contribution < 1.29 is 28.5 Å². The number of alkyl carbamates (subject to hydrolysis) is 1. The first-order valence-corrected chi connectivity index (χ1v) is 13.0. The van der Waals surface area contributed by atoms with Crippen LogP contribution in [-0.2, 0) is 23.7 Å². The third-order valence-corrected chi connectivity index (χ3v) is 6.93. The van der Waals surface area contributed by atoms with Gasteiger partial charge in [0.1, 0.15) is 12.2 Å². The Morgan fingerprint density at radius 1 is 1.14 bits per heavy atom. The SMILES string of the molecule is COC1C(OC(=O)NCCC(=O)NCCCCCCN)CC[C@]2(CO2)C1C(C)(C)OCC=C(C)C. The van der Waals surface area contributed by atoms with E-state index in [1.807, 2.05) is 33.8 Å². The van der Waals surface area contributed by atoms with Crippen molar-refractivity contribution in [3.8, 4) is 0 Å². The van der Waals surface area contributed by atoms with Crippen LogP contribution in [0.15, 0.2) is 11.6 Å². The molecule has 1 aliphatic carbocycles. The molecule has 1 aliphatic heterocycles. The number of amides is 2. The molecule has 0 bridgehead atoms. The highest BCUT2D eigenvalue weighted by Gasteiger charge is 2.64. The maximum absolute atomic E-state index is 12.5. The topological polar surface area (TPSA) is 124 Å². The van der Waals surface area contributed by atoms with Gasteiger partial charge in [0.15, 0.2) is 0 Å². The lowest BCUT2D eigenvalue weighted by Gasteiger charge is -2.47. The summed E-state index contributed by atoms with van der Waals surface area (Å²) in [6.07, 6.45) is 6.44. The van der Waals surface area contributed by atoms with Gasteiger partial charge in [-0.3, -0.25) is 4.79 Å². The van der Waals surface area contributed by atoms with Gasteiger partial charge in [0.2, 0.25) is 5.91 Å². The van der Waals surface area contributed by atoms with Gasteiger partial charge in [0.05, 0.1) is 24.4 Å². The molecule has 0 aromatic rings. The Morgan fingerprint density at radius 3 is 2.49 bits per heavy atom. The van der Waals surface area contributed by atoms with Crippen molar-refractivity contribution in [1.82, 2.24) is 10.6 Å². The molecule has 0 radical (unpaired) electrons. The van der Waals surface area contributed by atoms with E-state index in [0.29, 0.717) is 32.7 Å². The molecular weight excluding hydrogens is 450 g/mol. The fourth-order valence-corrected chi connectivity index (χ4v) is 4.99. The molecule has 0 aromatic carbocycles. The van der Waals surface area contributed by atoms with Crippen molar-refractivity contribution in [3.63, 3.8) is 0 Å². The van der Waals surface area contributed by atoms with Gasteiger partial charge in [-0.2, -0.15) is 0 Å². The Labute approximate surface area is 210 Å². The Bertz CT molecular complexity index is 703. The van der Waals surface area contributed by atoms with Crippen LogP contribution in [-0.4, -0.2) is 75.4 Å². The minimum Gasteiger partial charge on any atom is -0.443 e. The highest BCUT2D eigenvalue weighted by molar-refractivity contribution is 5.76. The molecule has 9 heteroatoms. The first-order valence-electron chi connectivity index (χ1n) is 13.0. The fourth-order valence-electron chi connectivity index (χ4n) is 4.99. The molecule has 2 rings (SSSR count). The van der Waals surface area contributed by atoms with E-state index >= 15 is 0 Å². The zero-order chi connectivity index (χ0) is 25.9. The van der Waals surface area contributed by atoms with Crippen molar-refractivity contribution in [2.24, 2.45) is 11.7 Å². The van der Waals surface area contributed by atoms with E-state index in [9.17, 15) is 9.59 Å². The number of methoxy groups -OCH3 is 1. The number of allylic oxidation sites excluding steroid dienone is 1. The third kappa shape index (κ3) is 9.37. The Hall–Kier alpha value is -1.68. The molecule has 0 aromatic heterocycles. The maximum Gasteiger partial charge on any atom is 0.407 e. The summed E-state index contributed by atoms with van der Waals surface area (Å²) in [5, 5.41) is 5.58. The number of epoxide rings is 1. The molecule has 1 heterocycles. The minimum atomic E-state index is -0.540. The zero-order valence-electron chi connectivity index (χ0n) is 22.3. The van der Waals surface area contributed by atoms with E-state index in [4.69, 9.17) is 24.7 Å². The number of hydrogen-bond donors (Lipinski definition) is 3. The fraction of sp³-hybridized carbons (Fsp3) is 0.846. The number of rotatable bonds is 15. The highest BCUT2D eigenvalue weighted by Crippen LogP contribution is 2.52. The van der Waals surface area contributed by atoms with E-state index in [1.165, 1.54) is 5.57 Å². The number of carbonyl (C=O) groups is 2. The maximum atomic E-state index is 12.5. The first-order chi connectivity index (χ1) is 16.6. The first kappa shape index (κ1) is 29.5. The second kappa shape index (κ2) is 14.2. The molecule has 2 fully saturated rings. The van der Waals surface area contributed by atoms with Crippen LogP contribution in [0, 0.1) is 5.92 Å². The molecule has 4 atom stereocenters. The van der Waals surface area contributed by atoms with E-state index in [2.05, 4.69) is 10.6 Å². The lowest BCUT2D eigenvalue weighted by atomic mass is 9.68. The highest BCUT2D eigenvalue weighted by atomic mass is 16.6. The van der Waals surface area contributed by atoms with Gasteiger partial charge >= 0.3 is 6.09 Å². The molecule has 9 nitrogen and oxygen atoms in total. The number of unbranched alkanes of at least 4 members (excludes halogenated alkanes) is 3. The third-order valence-electron chi connectivity index (χ3n) is 6.93. The summed E-state index contributed by atoms with van der Waals surface area (Å²) in [5.74, 6) is -0.174. The summed E-state index contributed by atoms with van der Waals surface area (Å²) in [6, 6.07) is 0. The summed E-state index contributed by atoms with van der Waals surface area (Å²) in [4.78, 5) is 24.5. The van der Waals surface area contributed by atoms with Gasteiger partial charge in [-0.05, 0) is 59.9 Å². The van der Waals surface area contributed by atoms with E-state index in [1.54, 1.807) is 7.11 Å². The molecule has 2 amide bonds. The summed E-state index contributed by atoms with van der Waals surface area (Å²) in [6.45, 7) is 10.9. The Kier molecular flexibility index (Phi) is 12.0. The Morgan fingerprint density at radius 2 is 1.86 bits per heavy atom. The van der Waals surface area contributed by atoms with Gasteiger partial charge < -0.3 is 35.3 Å². The summed E-state index contributed by atoms with van der Waals surface area (Å²) >= 11 is 0. The molecule has 3 unspecified atom stereocenters. The van der Waals surface area contributed by atoms with Crippen LogP contribution in [0.4, 0.5) is 4.79 Å². The quantitative estimate of drug-likeness (QED) is 0.180. The van der Waals surface area contributed by atoms with Crippen molar-refractivity contribution in [1.29, 1.82) is 0 Å². The van der Waals surface area contributed by atoms with Crippen LogP contribution in [0.5, 0.6) is 0 Å². The molecule has 202 valence electrons. The molecular formula is C26H47N3O6. The van der Waals surface area contributed by atoms with Gasteiger partial charge in [-0.15, -0.1) is 0 Å². The second-order valence-corrected chi connectivity index (χ2v) is 10.4. The number of nitrogens with one attached hydrogen (secondary N) is 2. The number of hydrogen-bond acceptors (Lipinski definition) is 7. The lowest BCUT2D eigenvalue weighted by Crippen LogP contribution is -2.59.